The Bertz CT molecular complexity index is 1030. The molecule has 0 saturated carbocycles. The van der Waals surface area contributed by atoms with Gasteiger partial charge in [0.1, 0.15) is 11.4 Å². The third-order valence-electron chi connectivity index (χ3n) is 4.02. The normalized spacial score (nSPS) is 16.0. The molecular weight excluding hydrogens is 442 g/mol. The van der Waals surface area contributed by atoms with E-state index < -0.39 is 20.9 Å². The standard InChI is InChI=1S/C16H14BrN3O6S/c17-12-4-5-14-15(7-12)27(25,26)19(10-18(14)9-16(21)22)8-11-2-1-3-13(6-11)20(23)24/h1-7H,8-10H2,(H,21,22). The Morgan fingerprint density at radius 2 is 2.00 bits per heavy atom. The van der Waals surface area contributed by atoms with Crippen molar-refractivity contribution in [3.05, 3.63) is 62.6 Å². The zero-order valence-electron chi connectivity index (χ0n) is 13.8. The molecule has 0 aliphatic carbocycles. The summed E-state index contributed by atoms with van der Waals surface area (Å²) < 4.78 is 27.7. The van der Waals surface area contributed by atoms with Gasteiger partial charge >= 0.3 is 5.97 Å². The molecule has 0 fully saturated rings. The fourth-order valence-corrected chi connectivity index (χ4v) is 4.98. The van der Waals surface area contributed by atoms with Crippen LogP contribution >= 0.6 is 15.9 Å². The first-order valence-electron chi connectivity index (χ1n) is 7.68. The molecular formula is C16H14BrN3O6S. The zero-order chi connectivity index (χ0) is 19.8. The Balaban J connectivity index is 2.02. The van der Waals surface area contributed by atoms with E-state index in [1.54, 1.807) is 18.2 Å². The van der Waals surface area contributed by atoms with Gasteiger partial charge < -0.3 is 10.0 Å². The van der Waals surface area contributed by atoms with Crippen LogP contribution in [0.15, 0.2) is 51.8 Å². The number of anilines is 1. The maximum atomic E-state index is 13.0. The van der Waals surface area contributed by atoms with Crippen molar-refractivity contribution in [2.45, 2.75) is 11.4 Å². The van der Waals surface area contributed by atoms with Gasteiger partial charge in [-0.1, -0.05) is 28.1 Å². The molecule has 0 atom stereocenters. The number of hydrogen-bond acceptors (Lipinski definition) is 6. The van der Waals surface area contributed by atoms with Crippen molar-refractivity contribution in [1.29, 1.82) is 0 Å². The van der Waals surface area contributed by atoms with Crippen LogP contribution in [-0.2, 0) is 21.4 Å². The number of aliphatic carboxylic acids is 1. The Hall–Kier alpha value is -2.50. The first-order valence-corrected chi connectivity index (χ1v) is 9.91. The predicted octanol–water partition coefficient (Wildman–Crippen LogP) is 2.41. The average Bonchev–Trinajstić information content (AvgIpc) is 2.59. The highest BCUT2D eigenvalue weighted by atomic mass is 79.9. The van der Waals surface area contributed by atoms with E-state index in [0.29, 0.717) is 15.7 Å². The minimum absolute atomic E-state index is 0.0187. The van der Waals surface area contributed by atoms with Crippen molar-refractivity contribution in [1.82, 2.24) is 4.31 Å². The molecule has 0 aromatic heterocycles. The van der Waals surface area contributed by atoms with E-state index in [2.05, 4.69) is 15.9 Å². The molecule has 0 bridgehead atoms. The molecule has 2 aromatic rings. The molecule has 1 N–H and O–H groups in total. The summed E-state index contributed by atoms with van der Waals surface area (Å²) in [5.74, 6) is -1.10. The summed E-state index contributed by atoms with van der Waals surface area (Å²) in [6, 6.07) is 10.3. The molecule has 1 heterocycles. The minimum Gasteiger partial charge on any atom is -0.480 e. The van der Waals surface area contributed by atoms with Crippen LogP contribution in [-0.4, -0.2) is 41.9 Å². The molecule has 11 heteroatoms. The molecule has 9 nitrogen and oxygen atoms in total. The summed E-state index contributed by atoms with van der Waals surface area (Å²) in [6.45, 7) is -0.673. The number of nitrogens with zero attached hydrogens (tertiary/aromatic N) is 3. The van der Waals surface area contributed by atoms with Gasteiger partial charge in [0, 0.05) is 23.2 Å². The van der Waals surface area contributed by atoms with Gasteiger partial charge in [0.15, 0.2) is 0 Å². The lowest BCUT2D eigenvalue weighted by molar-refractivity contribution is -0.384. The summed E-state index contributed by atoms with van der Waals surface area (Å²) in [4.78, 5) is 23.0. The van der Waals surface area contributed by atoms with Gasteiger partial charge in [-0.2, -0.15) is 4.31 Å². The number of carboxylic acids is 1. The van der Waals surface area contributed by atoms with Crippen molar-refractivity contribution < 1.29 is 23.2 Å². The molecule has 0 radical (unpaired) electrons. The maximum Gasteiger partial charge on any atom is 0.323 e. The lowest BCUT2D eigenvalue weighted by atomic mass is 10.2. The number of nitro groups is 1. The molecule has 27 heavy (non-hydrogen) atoms. The van der Waals surface area contributed by atoms with Gasteiger partial charge in [-0.05, 0) is 23.8 Å². The number of carboxylic acid groups (broad SMARTS) is 1. The van der Waals surface area contributed by atoms with Gasteiger partial charge in [-0.25, -0.2) is 8.42 Å². The van der Waals surface area contributed by atoms with Crippen LogP contribution in [0.3, 0.4) is 0 Å². The van der Waals surface area contributed by atoms with Crippen molar-refractivity contribution >= 4 is 43.3 Å². The quantitative estimate of drug-likeness (QED) is 0.542. The Kier molecular flexibility index (Phi) is 5.18. The van der Waals surface area contributed by atoms with Gasteiger partial charge in [-0.3, -0.25) is 14.9 Å². The van der Waals surface area contributed by atoms with E-state index in [0.717, 1.165) is 4.31 Å². The lowest BCUT2D eigenvalue weighted by Gasteiger charge is -2.36. The smallest absolute Gasteiger partial charge is 0.323 e. The monoisotopic (exact) mass is 455 g/mol. The van der Waals surface area contributed by atoms with Crippen molar-refractivity contribution in [2.75, 3.05) is 18.1 Å². The molecule has 2 aromatic carbocycles. The Morgan fingerprint density at radius 3 is 2.67 bits per heavy atom. The summed E-state index contributed by atoms with van der Waals surface area (Å²) in [5.41, 5.74) is 0.588. The number of hydrogen-bond donors (Lipinski definition) is 1. The largest absolute Gasteiger partial charge is 0.480 e. The molecule has 0 spiro atoms. The topological polar surface area (TPSA) is 121 Å². The van der Waals surface area contributed by atoms with Crippen LogP contribution in [0.1, 0.15) is 5.56 Å². The summed E-state index contributed by atoms with van der Waals surface area (Å²) in [5, 5.41) is 20.1. The van der Waals surface area contributed by atoms with Gasteiger partial charge in [0.2, 0.25) is 10.0 Å². The van der Waals surface area contributed by atoms with E-state index in [-0.39, 0.29) is 30.3 Å². The summed E-state index contributed by atoms with van der Waals surface area (Å²) >= 11 is 3.23. The van der Waals surface area contributed by atoms with Crippen LogP contribution in [0.2, 0.25) is 0 Å². The summed E-state index contributed by atoms with van der Waals surface area (Å²) in [6.07, 6.45) is 0. The SMILES string of the molecule is O=C(O)CN1CN(Cc2cccc([N+](=O)[O-])c2)S(=O)(=O)c2cc(Br)ccc21. The highest BCUT2D eigenvalue weighted by molar-refractivity contribution is 9.10. The molecule has 142 valence electrons. The number of non-ortho nitro benzene ring substituents is 1. The van der Waals surface area contributed by atoms with E-state index >= 15 is 0 Å². The second kappa shape index (κ2) is 7.25. The third kappa shape index (κ3) is 3.94. The molecule has 0 amide bonds. The first kappa shape index (κ1) is 19.3. The Morgan fingerprint density at radius 1 is 1.26 bits per heavy atom. The zero-order valence-corrected chi connectivity index (χ0v) is 16.2. The highest BCUT2D eigenvalue weighted by Crippen LogP contribution is 2.36. The van der Waals surface area contributed by atoms with Crippen molar-refractivity contribution in [3.8, 4) is 0 Å². The fourth-order valence-electron chi connectivity index (χ4n) is 2.84. The second-order valence-electron chi connectivity index (χ2n) is 5.89. The van der Waals surface area contributed by atoms with Crippen molar-refractivity contribution in [2.24, 2.45) is 0 Å². The number of nitro benzene ring substituents is 1. The third-order valence-corrected chi connectivity index (χ3v) is 6.32. The van der Waals surface area contributed by atoms with E-state index in [1.807, 2.05) is 0 Å². The Labute approximate surface area is 163 Å². The second-order valence-corrected chi connectivity index (χ2v) is 8.71. The van der Waals surface area contributed by atoms with E-state index in [9.17, 15) is 23.3 Å². The maximum absolute atomic E-state index is 13.0. The number of sulfonamides is 1. The van der Waals surface area contributed by atoms with Crippen LogP contribution in [0.25, 0.3) is 0 Å². The van der Waals surface area contributed by atoms with Crippen LogP contribution in [0.4, 0.5) is 11.4 Å². The number of rotatable bonds is 5. The highest BCUT2D eigenvalue weighted by Gasteiger charge is 2.36. The number of carbonyl (C=O) groups is 1. The van der Waals surface area contributed by atoms with Crippen LogP contribution < -0.4 is 4.90 Å². The predicted molar refractivity (Wildman–Crippen MR) is 99.8 cm³/mol. The van der Waals surface area contributed by atoms with E-state index in [4.69, 9.17) is 5.11 Å². The van der Waals surface area contributed by atoms with Gasteiger partial charge in [0.05, 0.1) is 17.3 Å². The van der Waals surface area contributed by atoms with Crippen molar-refractivity contribution in [3.63, 3.8) is 0 Å². The molecule has 0 unspecified atom stereocenters. The number of benzene rings is 2. The molecule has 3 rings (SSSR count). The van der Waals surface area contributed by atoms with Gasteiger partial charge in [-0.15, -0.1) is 0 Å². The lowest BCUT2D eigenvalue weighted by Crippen LogP contribution is -2.47. The van der Waals surface area contributed by atoms with E-state index in [1.165, 1.54) is 29.2 Å². The first-order chi connectivity index (χ1) is 12.7. The number of fused-ring (bicyclic) bond motifs is 1. The molecule has 1 aliphatic rings. The van der Waals surface area contributed by atoms with Gasteiger partial charge in [0.25, 0.3) is 5.69 Å². The van der Waals surface area contributed by atoms with Crippen LogP contribution in [0.5, 0.6) is 0 Å². The molecule has 0 saturated heterocycles. The average molecular weight is 456 g/mol. The molecule has 1 aliphatic heterocycles. The minimum atomic E-state index is -3.91. The fraction of sp³-hybridized carbons (Fsp3) is 0.188. The number of halogens is 1. The summed E-state index contributed by atoms with van der Waals surface area (Å²) in [7, 11) is -3.91. The van der Waals surface area contributed by atoms with Crippen LogP contribution in [0, 0.1) is 10.1 Å².